The molecule has 1 aromatic heterocycles. The zero-order chi connectivity index (χ0) is 25.4. The highest BCUT2D eigenvalue weighted by molar-refractivity contribution is 8.18. The van der Waals surface area contributed by atoms with Crippen LogP contribution in [0.3, 0.4) is 0 Å². The van der Waals surface area contributed by atoms with E-state index in [9.17, 15) is 22.8 Å². The van der Waals surface area contributed by atoms with Gasteiger partial charge in [0.25, 0.3) is 11.1 Å². The summed E-state index contributed by atoms with van der Waals surface area (Å²) in [6, 6.07) is 8.90. The van der Waals surface area contributed by atoms with Gasteiger partial charge in [0.1, 0.15) is 0 Å². The first-order valence-corrected chi connectivity index (χ1v) is 12.7. The van der Waals surface area contributed by atoms with E-state index in [4.69, 9.17) is 11.6 Å². The molecule has 11 heteroatoms. The number of thioether (sulfide) groups is 1. The highest BCUT2D eigenvalue weighted by Gasteiger charge is 2.39. The van der Waals surface area contributed by atoms with Crippen LogP contribution in [0.15, 0.2) is 47.5 Å². The van der Waals surface area contributed by atoms with Crippen molar-refractivity contribution in [3.63, 3.8) is 0 Å². The van der Waals surface area contributed by atoms with Crippen LogP contribution in [0.5, 0.6) is 0 Å². The lowest BCUT2D eigenvalue weighted by atomic mass is 10.1. The second-order valence-electron chi connectivity index (χ2n) is 8.81. The fraction of sp³-hybridized carbons (Fsp3) is 0.320. The third-order valence-corrected chi connectivity index (χ3v) is 7.51. The fourth-order valence-electron chi connectivity index (χ4n) is 4.64. The average Bonchev–Trinajstić information content (AvgIpc) is 3.20. The summed E-state index contributed by atoms with van der Waals surface area (Å²) >= 11 is 6.72. The largest absolute Gasteiger partial charge is 0.416 e. The summed E-state index contributed by atoms with van der Waals surface area (Å²) in [4.78, 5) is 27.4. The third kappa shape index (κ3) is 5.02. The number of hydrogen-bond donors (Lipinski definition) is 1. The van der Waals surface area contributed by atoms with Gasteiger partial charge in [0.2, 0.25) is 0 Å². The number of aromatic nitrogens is 2. The molecule has 0 radical (unpaired) electrons. The average molecular weight is 535 g/mol. The number of nitrogens with one attached hydrogen (secondary N) is 1. The minimum absolute atomic E-state index is 0.0150. The number of amides is 2. The molecule has 2 amide bonds. The lowest BCUT2D eigenvalue weighted by Crippen LogP contribution is -2.39. The van der Waals surface area contributed by atoms with Crippen molar-refractivity contribution in [3.05, 3.63) is 69.2 Å². The van der Waals surface area contributed by atoms with Crippen molar-refractivity contribution >= 4 is 51.5 Å². The Morgan fingerprint density at radius 2 is 1.97 bits per heavy atom. The number of rotatable bonds is 4. The van der Waals surface area contributed by atoms with Gasteiger partial charge in [0.15, 0.2) is 0 Å². The summed E-state index contributed by atoms with van der Waals surface area (Å²) in [5, 5.41) is 8.03. The number of carbonyl (C=O) groups is 2. The van der Waals surface area contributed by atoms with E-state index in [0.29, 0.717) is 21.4 Å². The summed E-state index contributed by atoms with van der Waals surface area (Å²) in [6.45, 7) is 1.57. The fourth-order valence-corrected chi connectivity index (χ4v) is 5.71. The Bertz CT molecular complexity index is 1360. The Hall–Kier alpha value is -2.82. The second kappa shape index (κ2) is 9.91. The molecule has 1 N–H and O–H groups in total. The van der Waals surface area contributed by atoms with E-state index in [1.807, 2.05) is 0 Å². The van der Waals surface area contributed by atoms with Gasteiger partial charge in [-0.05, 0) is 85.6 Å². The first-order chi connectivity index (χ1) is 17.2. The number of nitrogens with zero attached hydrogens (tertiary/aromatic N) is 3. The molecule has 2 saturated heterocycles. The molecule has 2 aliphatic heterocycles. The number of alkyl halides is 3. The van der Waals surface area contributed by atoms with Crippen molar-refractivity contribution in [3.8, 4) is 0 Å². The van der Waals surface area contributed by atoms with Crippen LogP contribution >= 0.6 is 23.4 Å². The highest BCUT2D eigenvalue weighted by Crippen LogP contribution is 2.36. The summed E-state index contributed by atoms with van der Waals surface area (Å²) in [5.41, 5.74) is 0.616. The van der Waals surface area contributed by atoms with Gasteiger partial charge in [-0.1, -0.05) is 23.7 Å². The Kier molecular flexibility index (Phi) is 6.84. The first kappa shape index (κ1) is 24.9. The van der Waals surface area contributed by atoms with E-state index in [1.165, 1.54) is 21.7 Å². The Balaban J connectivity index is 1.39. The number of benzene rings is 2. The van der Waals surface area contributed by atoms with Crippen LogP contribution in [0.2, 0.25) is 5.02 Å². The monoisotopic (exact) mass is 534 g/mol. The maximum absolute atomic E-state index is 13.5. The van der Waals surface area contributed by atoms with Gasteiger partial charge in [0.05, 0.1) is 28.7 Å². The summed E-state index contributed by atoms with van der Waals surface area (Å²) in [5.74, 6) is -0.282. The van der Waals surface area contributed by atoms with Crippen LogP contribution in [-0.4, -0.2) is 45.0 Å². The van der Waals surface area contributed by atoms with Crippen LogP contribution in [0.25, 0.3) is 17.0 Å². The van der Waals surface area contributed by atoms with Crippen LogP contribution in [0.1, 0.15) is 36.0 Å². The Morgan fingerprint density at radius 1 is 1.14 bits per heavy atom. The SMILES string of the molecule is O=C1S/C(=C\c2ccc3c(cnn3Cc3ccc(Cl)cc3C(F)(F)F)c2)C(=O)N1C1CCCNCC1. The summed E-state index contributed by atoms with van der Waals surface area (Å²) < 4.78 is 42.0. The van der Waals surface area contributed by atoms with Gasteiger partial charge in [-0.15, -0.1) is 0 Å². The van der Waals surface area contributed by atoms with E-state index in [1.54, 1.807) is 30.5 Å². The molecule has 36 heavy (non-hydrogen) atoms. The molecule has 2 aliphatic rings. The predicted molar refractivity (Wildman–Crippen MR) is 134 cm³/mol. The molecule has 0 saturated carbocycles. The molecule has 0 spiro atoms. The minimum atomic E-state index is -4.54. The molecule has 1 unspecified atom stereocenters. The standard InChI is InChI=1S/C25H22ClF3N4O2S/c26-18-5-4-16(20(12-18)25(27,28)29)14-32-21-6-3-15(10-17(21)13-31-32)11-22-23(34)33(24(35)36-22)19-2-1-8-30-9-7-19/h3-6,10-13,19,30H,1-2,7-9,14H2/b22-11-. The zero-order valence-corrected chi connectivity index (χ0v) is 20.6. The third-order valence-electron chi connectivity index (χ3n) is 6.39. The smallest absolute Gasteiger partial charge is 0.317 e. The quantitative estimate of drug-likeness (QED) is 0.420. The van der Waals surface area contributed by atoms with Crippen LogP contribution in [0, 0.1) is 0 Å². The molecular formula is C25H22ClF3N4O2S. The van der Waals surface area contributed by atoms with Crippen molar-refractivity contribution in [2.75, 3.05) is 13.1 Å². The van der Waals surface area contributed by atoms with Gasteiger partial charge in [-0.2, -0.15) is 18.3 Å². The summed E-state index contributed by atoms with van der Waals surface area (Å²) in [7, 11) is 0. The van der Waals surface area contributed by atoms with Gasteiger partial charge in [-0.25, -0.2) is 0 Å². The van der Waals surface area contributed by atoms with Crippen LogP contribution in [-0.2, 0) is 17.5 Å². The molecular weight excluding hydrogens is 513 g/mol. The van der Waals surface area contributed by atoms with Crippen molar-refractivity contribution in [2.45, 2.75) is 38.0 Å². The van der Waals surface area contributed by atoms with Crippen molar-refractivity contribution in [1.29, 1.82) is 0 Å². The molecule has 2 fully saturated rings. The zero-order valence-electron chi connectivity index (χ0n) is 19.0. The van der Waals surface area contributed by atoms with Gasteiger partial charge in [-0.3, -0.25) is 19.2 Å². The van der Waals surface area contributed by atoms with Gasteiger partial charge in [0, 0.05) is 16.5 Å². The van der Waals surface area contributed by atoms with Gasteiger partial charge >= 0.3 is 6.18 Å². The van der Waals surface area contributed by atoms with E-state index >= 15 is 0 Å². The van der Waals surface area contributed by atoms with E-state index in [0.717, 1.165) is 50.2 Å². The maximum Gasteiger partial charge on any atom is 0.416 e. The number of imide groups is 1. The molecule has 3 heterocycles. The highest BCUT2D eigenvalue weighted by atomic mass is 35.5. The summed E-state index contributed by atoms with van der Waals surface area (Å²) in [6.07, 6.45) is 1.14. The van der Waals surface area contributed by atoms with Crippen LogP contribution in [0.4, 0.5) is 18.0 Å². The molecule has 3 aromatic rings. The predicted octanol–water partition coefficient (Wildman–Crippen LogP) is 5.94. The minimum Gasteiger partial charge on any atom is -0.317 e. The molecule has 5 rings (SSSR count). The lowest BCUT2D eigenvalue weighted by molar-refractivity contribution is -0.138. The Morgan fingerprint density at radius 3 is 2.78 bits per heavy atom. The molecule has 0 aliphatic carbocycles. The normalized spacial score (nSPS) is 20.5. The molecule has 2 aromatic carbocycles. The van der Waals surface area contributed by atoms with E-state index in [2.05, 4.69) is 10.4 Å². The van der Waals surface area contributed by atoms with Gasteiger partial charge < -0.3 is 5.32 Å². The molecule has 0 bridgehead atoms. The second-order valence-corrected chi connectivity index (χ2v) is 10.2. The number of fused-ring (bicyclic) bond motifs is 1. The van der Waals surface area contributed by atoms with Crippen molar-refractivity contribution in [1.82, 2.24) is 20.0 Å². The maximum atomic E-state index is 13.5. The number of halogens is 4. The molecule has 6 nitrogen and oxygen atoms in total. The number of hydrogen-bond acceptors (Lipinski definition) is 5. The van der Waals surface area contributed by atoms with Crippen LogP contribution < -0.4 is 5.32 Å². The lowest BCUT2D eigenvalue weighted by Gasteiger charge is -2.23. The van der Waals surface area contributed by atoms with E-state index in [-0.39, 0.29) is 34.3 Å². The first-order valence-electron chi connectivity index (χ1n) is 11.5. The molecule has 1 atom stereocenters. The molecule has 188 valence electrons. The van der Waals surface area contributed by atoms with Crippen molar-refractivity contribution < 1.29 is 22.8 Å². The van der Waals surface area contributed by atoms with E-state index < -0.39 is 11.7 Å². The number of carbonyl (C=O) groups excluding carboxylic acids is 2. The topological polar surface area (TPSA) is 67.2 Å². The van der Waals surface area contributed by atoms with Crippen molar-refractivity contribution in [2.24, 2.45) is 0 Å². The Labute approximate surface area is 214 Å².